The minimum Gasteiger partial charge on any atom is -0.373 e. The number of hydrogen-bond acceptors (Lipinski definition) is 6. The van der Waals surface area contributed by atoms with Gasteiger partial charge in [0.1, 0.15) is 0 Å². The summed E-state index contributed by atoms with van der Waals surface area (Å²) in [6.07, 6.45) is 5.40. The number of nitrogens with zero attached hydrogens (tertiary/aromatic N) is 3. The van der Waals surface area contributed by atoms with Gasteiger partial charge in [0.2, 0.25) is 0 Å². The zero-order valence-corrected chi connectivity index (χ0v) is 15.5. The highest BCUT2D eigenvalue weighted by atomic mass is 16.6. The van der Waals surface area contributed by atoms with Gasteiger partial charge >= 0.3 is 17.1 Å². The first-order chi connectivity index (χ1) is 13.1. The van der Waals surface area contributed by atoms with Gasteiger partial charge in [-0.25, -0.2) is 28.1 Å². The van der Waals surface area contributed by atoms with E-state index in [9.17, 15) is 14.4 Å². The molecule has 4 rings (SSSR count). The molecule has 0 radical (unpaired) electrons. The van der Waals surface area contributed by atoms with Gasteiger partial charge in [-0.2, -0.15) is 0 Å². The first-order valence-corrected chi connectivity index (χ1v) is 9.93. The first kappa shape index (κ1) is 18.6. The molecule has 3 aliphatic rings. The molecule has 3 unspecified atom stereocenters. The Balaban J connectivity index is 1.51. The van der Waals surface area contributed by atoms with E-state index in [4.69, 9.17) is 14.2 Å². The molecule has 0 saturated carbocycles. The molecule has 9 nitrogen and oxygen atoms in total. The van der Waals surface area contributed by atoms with Crippen LogP contribution in [-0.2, 0) is 33.8 Å². The molecule has 0 N–H and O–H groups in total. The number of hydrogen-bond donors (Lipinski definition) is 0. The number of epoxide rings is 3. The highest BCUT2D eigenvalue weighted by molar-refractivity contribution is 4.81. The summed E-state index contributed by atoms with van der Waals surface area (Å²) in [5, 5.41) is 0. The third-order valence-corrected chi connectivity index (χ3v) is 5.33. The molecule has 27 heavy (non-hydrogen) atoms. The maximum atomic E-state index is 12.8. The van der Waals surface area contributed by atoms with Gasteiger partial charge < -0.3 is 14.2 Å². The standard InChI is InChI=1S/C18H27N3O6/c22-16-19(7-2-1-4-13-10-25-13)17(23)21(9-6-15-12-27-15)18(24)20(16)8-3-5-14-11-26-14/h13-15H,1-12H2. The molecule has 1 aromatic rings. The second-order valence-electron chi connectivity index (χ2n) is 7.60. The fraction of sp³-hybridized carbons (Fsp3) is 0.833. The molecular weight excluding hydrogens is 354 g/mol. The molecule has 150 valence electrons. The Morgan fingerprint density at radius 1 is 0.593 bits per heavy atom. The third kappa shape index (κ3) is 4.97. The predicted octanol–water partition coefficient (Wildman–Crippen LogP) is -0.291. The van der Waals surface area contributed by atoms with Crippen LogP contribution < -0.4 is 17.1 Å². The zero-order chi connectivity index (χ0) is 18.8. The maximum absolute atomic E-state index is 12.8. The number of ether oxygens (including phenoxy) is 3. The summed E-state index contributed by atoms with van der Waals surface area (Å²) in [4.78, 5) is 38.3. The van der Waals surface area contributed by atoms with Gasteiger partial charge in [-0.15, -0.1) is 0 Å². The summed E-state index contributed by atoms with van der Waals surface area (Å²) >= 11 is 0. The summed E-state index contributed by atoms with van der Waals surface area (Å²) in [6, 6.07) is 0. The number of unbranched alkanes of at least 4 members (excludes halogenated alkanes) is 1. The lowest BCUT2D eigenvalue weighted by atomic mass is 10.2. The Labute approximate surface area is 156 Å². The molecule has 3 atom stereocenters. The Morgan fingerprint density at radius 3 is 1.52 bits per heavy atom. The maximum Gasteiger partial charge on any atom is 0.336 e. The predicted molar refractivity (Wildman–Crippen MR) is 96.1 cm³/mol. The molecular formula is C18H27N3O6. The van der Waals surface area contributed by atoms with Gasteiger partial charge in [0.15, 0.2) is 0 Å². The van der Waals surface area contributed by atoms with Crippen molar-refractivity contribution in [2.75, 3.05) is 19.8 Å². The lowest BCUT2D eigenvalue weighted by Gasteiger charge is -2.13. The molecule has 3 fully saturated rings. The second kappa shape index (κ2) is 8.12. The smallest absolute Gasteiger partial charge is 0.336 e. The summed E-state index contributed by atoms with van der Waals surface area (Å²) in [5.74, 6) is 0. The summed E-state index contributed by atoms with van der Waals surface area (Å²) in [7, 11) is 0. The van der Waals surface area contributed by atoms with E-state index in [-0.39, 0.29) is 18.8 Å². The summed E-state index contributed by atoms with van der Waals surface area (Å²) in [5.41, 5.74) is -1.51. The van der Waals surface area contributed by atoms with E-state index in [1.54, 1.807) is 0 Å². The first-order valence-electron chi connectivity index (χ1n) is 9.93. The molecule has 3 aliphatic heterocycles. The second-order valence-corrected chi connectivity index (χ2v) is 7.60. The molecule has 0 amide bonds. The summed E-state index contributed by atoms with van der Waals surface area (Å²) < 4.78 is 19.2. The molecule has 9 heteroatoms. The van der Waals surface area contributed by atoms with Crippen LogP contribution in [0.15, 0.2) is 14.4 Å². The van der Waals surface area contributed by atoms with Crippen LogP contribution in [0.5, 0.6) is 0 Å². The average molecular weight is 381 g/mol. The molecule has 0 spiro atoms. The van der Waals surface area contributed by atoms with Crippen LogP contribution >= 0.6 is 0 Å². The van der Waals surface area contributed by atoms with Crippen LogP contribution in [0.25, 0.3) is 0 Å². The van der Waals surface area contributed by atoms with Gasteiger partial charge in [-0.3, -0.25) is 0 Å². The van der Waals surface area contributed by atoms with Crippen molar-refractivity contribution in [2.45, 2.75) is 76.5 Å². The van der Waals surface area contributed by atoms with Crippen LogP contribution in [0.3, 0.4) is 0 Å². The van der Waals surface area contributed by atoms with Crippen molar-refractivity contribution in [3.8, 4) is 0 Å². The van der Waals surface area contributed by atoms with Crippen LogP contribution in [0.2, 0.25) is 0 Å². The van der Waals surface area contributed by atoms with Gasteiger partial charge in [0.05, 0.1) is 38.1 Å². The monoisotopic (exact) mass is 381 g/mol. The Hall–Kier alpha value is -1.71. The van der Waals surface area contributed by atoms with Crippen LogP contribution in [0, 0.1) is 0 Å². The highest BCUT2D eigenvalue weighted by Gasteiger charge is 2.25. The molecule has 0 aliphatic carbocycles. The van der Waals surface area contributed by atoms with Gasteiger partial charge in [0, 0.05) is 19.6 Å². The highest BCUT2D eigenvalue weighted by Crippen LogP contribution is 2.17. The molecule has 0 bridgehead atoms. The van der Waals surface area contributed by atoms with E-state index in [2.05, 4.69) is 0 Å². The van der Waals surface area contributed by atoms with Crippen LogP contribution in [-0.4, -0.2) is 51.8 Å². The van der Waals surface area contributed by atoms with Crippen molar-refractivity contribution in [1.29, 1.82) is 0 Å². The van der Waals surface area contributed by atoms with E-state index in [1.807, 2.05) is 0 Å². The third-order valence-electron chi connectivity index (χ3n) is 5.33. The quantitative estimate of drug-likeness (QED) is 0.364. The van der Waals surface area contributed by atoms with Gasteiger partial charge in [-0.1, -0.05) is 0 Å². The SMILES string of the molecule is O=c1n(CCCCC2CO2)c(=O)n(CCC2CO2)c(=O)n1CCCC1CO1. The van der Waals surface area contributed by atoms with Crippen molar-refractivity contribution < 1.29 is 14.2 Å². The van der Waals surface area contributed by atoms with E-state index in [0.717, 1.165) is 38.9 Å². The van der Waals surface area contributed by atoms with Crippen molar-refractivity contribution in [3.63, 3.8) is 0 Å². The Kier molecular flexibility index (Phi) is 5.60. The van der Waals surface area contributed by atoms with Crippen molar-refractivity contribution in [2.24, 2.45) is 0 Å². The van der Waals surface area contributed by atoms with E-state index >= 15 is 0 Å². The number of aromatic nitrogens is 3. The van der Waals surface area contributed by atoms with Crippen LogP contribution in [0.4, 0.5) is 0 Å². The van der Waals surface area contributed by atoms with Crippen molar-refractivity contribution >= 4 is 0 Å². The average Bonchev–Trinajstić information content (AvgIpc) is 3.49. The van der Waals surface area contributed by atoms with E-state index in [0.29, 0.717) is 38.6 Å². The molecule has 1 aromatic heterocycles. The fourth-order valence-corrected chi connectivity index (χ4v) is 3.35. The fourth-order valence-electron chi connectivity index (χ4n) is 3.35. The lowest BCUT2D eigenvalue weighted by molar-refractivity contribution is 0.358. The van der Waals surface area contributed by atoms with Crippen LogP contribution in [0.1, 0.15) is 38.5 Å². The van der Waals surface area contributed by atoms with Crippen molar-refractivity contribution in [1.82, 2.24) is 13.7 Å². The molecule has 0 aromatic carbocycles. The molecule has 4 heterocycles. The van der Waals surface area contributed by atoms with E-state index < -0.39 is 17.1 Å². The normalized spacial score (nSPS) is 25.6. The minimum atomic E-state index is -0.509. The van der Waals surface area contributed by atoms with Gasteiger partial charge in [-0.05, 0) is 38.5 Å². The number of rotatable bonds is 12. The van der Waals surface area contributed by atoms with E-state index in [1.165, 1.54) is 13.7 Å². The zero-order valence-electron chi connectivity index (χ0n) is 15.5. The Morgan fingerprint density at radius 2 is 1.00 bits per heavy atom. The molecule has 3 saturated heterocycles. The van der Waals surface area contributed by atoms with Gasteiger partial charge in [0.25, 0.3) is 0 Å². The topological polar surface area (TPSA) is 104 Å². The largest absolute Gasteiger partial charge is 0.373 e. The van der Waals surface area contributed by atoms with Crippen molar-refractivity contribution in [3.05, 3.63) is 31.5 Å². The lowest BCUT2D eigenvalue weighted by Crippen LogP contribution is -2.54. The minimum absolute atomic E-state index is 0.121. The summed E-state index contributed by atoms with van der Waals surface area (Å²) in [6.45, 7) is 3.16. The Bertz CT molecular complexity index is 829.